The van der Waals surface area contributed by atoms with E-state index >= 15 is 0 Å². The number of primary amides is 1. The Labute approximate surface area is 122 Å². The molecule has 3 N–H and O–H groups in total. The largest absolute Gasteiger partial charge is 0.383 e. The fourth-order valence-corrected chi connectivity index (χ4v) is 2.47. The molecule has 0 saturated carbocycles. The van der Waals surface area contributed by atoms with Gasteiger partial charge in [0.1, 0.15) is 6.07 Å². The number of halogens is 1. The summed E-state index contributed by atoms with van der Waals surface area (Å²) in [6.07, 6.45) is 1.16. The highest BCUT2D eigenvalue weighted by atomic mass is 35.5. The average Bonchev–Trinajstić information content (AvgIpc) is 2.46. The lowest BCUT2D eigenvalue weighted by molar-refractivity contribution is -0.132. The first-order valence-electron chi connectivity index (χ1n) is 6.38. The number of carbonyl (C=O) groups is 1. The van der Waals surface area contributed by atoms with Crippen LogP contribution >= 0.6 is 11.6 Å². The monoisotopic (exact) mass is 293 g/mol. The molecular formula is C14H16ClN3O2. The lowest BCUT2D eigenvalue weighted by Gasteiger charge is -2.34. The van der Waals surface area contributed by atoms with Gasteiger partial charge in [0.25, 0.3) is 0 Å². The molecule has 20 heavy (non-hydrogen) atoms. The lowest BCUT2D eigenvalue weighted by Crippen LogP contribution is -2.46. The fourth-order valence-electron chi connectivity index (χ4n) is 2.30. The molecule has 1 heterocycles. The summed E-state index contributed by atoms with van der Waals surface area (Å²) >= 11 is 5.93. The van der Waals surface area contributed by atoms with Gasteiger partial charge in [0.05, 0.1) is 16.7 Å². The van der Waals surface area contributed by atoms with Gasteiger partial charge in [-0.05, 0) is 31.0 Å². The zero-order valence-electron chi connectivity index (χ0n) is 11.0. The van der Waals surface area contributed by atoms with E-state index < -0.39 is 5.41 Å². The van der Waals surface area contributed by atoms with Crippen molar-refractivity contribution in [2.75, 3.05) is 25.1 Å². The van der Waals surface area contributed by atoms with Crippen LogP contribution in [0.3, 0.4) is 0 Å². The first-order valence-corrected chi connectivity index (χ1v) is 6.76. The predicted octanol–water partition coefficient (Wildman–Crippen LogP) is 1.91. The van der Waals surface area contributed by atoms with Gasteiger partial charge in [0.15, 0.2) is 0 Å². The van der Waals surface area contributed by atoms with Crippen molar-refractivity contribution in [3.63, 3.8) is 0 Å². The predicted molar refractivity (Wildman–Crippen MR) is 76.3 cm³/mol. The third kappa shape index (κ3) is 3.03. The van der Waals surface area contributed by atoms with Crippen molar-refractivity contribution >= 4 is 23.2 Å². The second-order valence-electron chi connectivity index (χ2n) is 4.91. The minimum absolute atomic E-state index is 0.339. The molecule has 6 heteroatoms. The van der Waals surface area contributed by atoms with Gasteiger partial charge in [-0.25, -0.2) is 0 Å². The SMILES string of the molecule is N#Cc1ccc(Cl)cc1NCC1(C(N)=O)CCOCC1. The van der Waals surface area contributed by atoms with E-state index in [4.69, 9.17) is 27.3 Å². The Morgan fingerprint density at radius 2 is 2.20 bits per heavy atom. The Kier molecular flexibility index (Phi) is 4.48. The molecule has 1 aliphatic rings. The van der Waals surface area contributed by atoms with Gasteiger partial charge in [-0.3, -0.25) is 4.79 Å². The highest BCUT2D eigenvalue weighted by Crippen LogP contribution is 2.31. The number of nitrogens with two attached hydrogens (primary N) is 1. The molecule has 2 rings (SSSR count). The maximum atomic E-state index is 11.8. The maximum absolute atomic E-state index is 11.8. The van der Waals surface area contributed by atoms with E-state index in [1.54, 1.807) is 18.2 Å². The van der Waals surface area contributed by atoms with E-state index in [-0.39, 0.29) is 5.91 Å². The van der Waals surface area contributed by atoms with Gasteiger partial charge < -0.3 is 15.8 Å². The van der Waals surface area contributed by atoms with Gasteiger partial charge in [-0.15, -0.1) is 0 Å². The summed E-state index contributed by atoms with van der Waals surface area (Å²) in [5.41, 5.74) is 6.01. The van der Waals surface area contributed by atoms with Crippen LogP contribution in [0.15, 0.2) is 18.2 Å². The number of hydrogen-bond acceptors (Lipinski definition) is 4. The Hall–Kier alpha value is -1.77. The van der Waals surface area contributed by atoms with Gasteiger partial charge in [0.2, 0.25) is 5.91 Å². The topological polar surface area (TPSA) is 88.1 Å². The number of nitrogens with zero attached hydrogens (tertiary/aromatic N) is 1. The third-order valence-corrected chi connectivity index (χ3v) is 3.93. The quantitative estimate of drug-likeness (QED) is 0.887. The number of nitriles is 1. The molecule has 1 aliphatic heterocycles. The summed E-state index contributed by atoms with van der Waals surface area (Å²) in [5.74, 6) is -0.339. The van der Waals surface area contributed by atoms with Crippen LogP contribution < -0.4 is 11.1 Å². The number of benzene rings is 1. The van der Waals surface area contributed by atoms with Crippen LogP contribution in [-0.2, 0) is 9.53 Å². The molecular weight excluding hydrogens is 278 g/mol. The highest BCUT2D eigenvalue weighted by molar-refractivity contribution is 6.30. The molecule has 0 radical (unpaired) electrons. The van der Waals surface area contributed by atoms with Crippen LogP contribution in [0.1, 0.15) is 18.4 Å². The van der Waals surface area contributed by atoms with Gasteiger partial charge >= 0.3 is 0 Å². The zero-order valence-corrected chi connectivity index (χ0v) is 11.7. The summed E-state index contributed by atoms with van der Waals surface area (Å²) in [6, 6.07) is 7.07. The minimum atomic E-state index is -0.632. The van der Waals surface area contributed by atoms with Crippen molar-refractivity contribution < 1.29 is 9.53 Å². The Morgan fingerprint density at radius 3 is 2.80 bits per heavy atom. The number of amides is 1. The Bertz CT molecular complexity index is 548. The van der Waals surface area contributed by atoms with Crippen LogP contribution in [0.5, 0.6) is 0 Å². The average molecular weight is 294 g/mol. The molecule has 5 nitrogen and oxygen atoms in total. The van der Waals surface area contributed by atoms with E-state index in [0.717, 1.165) is 0 Å². The normalized spacial score (nSPS) is 17.2. The summed E-state index contributed by atoms with van der Waals surface area (Å²) in [5, 5.41) is 12.7. The zero-order chi connectivity index (χ0) is 14.6. The third-order valence-electron chi connectivity index (χ3n) is 3.69. The molecule has 1 amide bonds. The van der Waals surface area contributed by atoms with Crippen molar-refractivity contribution in [3.05, 3.63) is 28.8 Å². The van der Waals surface area contributed by atoms with Crippen molar-refractivity contribution in [2.45, 2.75) is 12.8 Å². The maximum Gasteiger partial charge on any atom is 0.225 e. The second-order valence-corrected chi connectivity index (χ2v) is 5.35. The summed E-state index contributed by atoms with van der Waals surface area (Å²) in [6.45, 7) is 1.41. The molecule has 1 aromatic carbocycles. The summed E-state index contributed by atoms with van der Waals surface area (Å²) in [4.78, 5) is 11.8. The van der Waals surface area contributed by atoms with E-state index in [9.17, 15) is 4.79 Å². The van der Waals surface area contributed by atoms with Crippen LogP contribution in [0, 0.1) is 16.7 Å². The number of hydrogen-bond donors (Lipinski definition) is 2. The molecule has 0 aromatic heterocycles. The number of ether oxygens (including phenoxy) is 1. The van der Waals surface area contributed by atoms with E-state index in [1.807, 2.05) is 0 Å². The van der Waals surface area contributed by atoms with Crippen LogP contribution in [0.4, 0.5) is 5.69 Å². The van der Waals surface area contributed by atoms with Crippen molar-refractivity contribution in [1.82, 2.24) is 0 Å². The standard InChI is InChI=1S/C14H16ClN3O2/c15-11-2-1-10(8-16)12(7-11)18-9-14(13(17)19)3-5-20-6-4-14/h1-2,7,18H,3-6,9H2,(H2,17,19). The molecule has 1 fully saturated rings. The molecule has 0 spiro atoms. The Morgan fingerprint density at radius 1 is 1.50 bits per heavy atom. The fraction of sp³-hybridized carbons (Fsp3) is 0.429. The van der Waals surface area contributed by atoms with Crippen LogP contribution in [0.25, 0.3) is 0 Å². The Balaban J connectivity index is 2.16. The molecule has 0 atom stereocenters. The van der Waals surface area contributed by atoms with Crippen molar-refractivity contribution in [3.8, 4) is 6.07 Å². The van der Waals surface area contributed by atoms with Crippen LogP contribution in [0.2, 0.25) is 5.02 Å². The van der Waals surface area contributed by atoms with Crippen molar-refractivity contribution in [1.29, 1.82) is 5.26 Å². The number of carbonyl (C=O) groups excluding carboxylic acids is 1. The smallest absolute Gasteiger partial charge is 0.225 e. The molecule has 1 saturated heterocycles. The summed E-state index contributed by atoms with van der Waals surface area (Å²) < 4.78 is 5.28. The molecule has 0 aliphatic carbocycles. The van der Waals surface area contributed by atoms with E-state index in [2.05, 4.69) is 11.4 Å². The molecule has 1 aromatic rings. The van der Waals surface area contributed by atoms with Gasteiger partial charge in [-0.2, -0.15) is 5.26 Å². The van der Waals surface area contributed by atoms with E-state index in [0.29, 0.717) is 48.9 Å². The first-order chi connectivity index (χ1) is 9.57. The summed E-state index contributed by atoms with van der Waals surface area (Å²) in [7, 11) is 0. The van der Waals surface area contributed by atoms with Crippen molar-refractivity contribution in [2.24, 2.45) is 11.1 Å². The highest BCUT2D eigenvalue weighted by Gasteiger charge is 2.38. The van der Waals surface area contributed by atoms with Gasteiger partial charge in [-0.1, -0.05) is 11.6 Å². The van der Waals surface area contributed by atoms with E-state index in [1.165, 1.54) is 0 Å². The first kappa shape index (κ1) is 14.6. The number of rotatable bonds is 4. The van der Waals surface area contributed by atoms with Gasteiger partial charge in [0, 0.05) is 24.8 Å². The molecule has 106 valence electrons. The second kappa shape index (κ2) is 6.12. The lowest BCUT2D eigenvalue weighted by atomic mass is 9.79. The minimum Gasteiger partial charge on any atom is -0.383 e. The molecule has 0 bridgehead atoms. The number of nitrogens with one attached hydrogen (secondary N) is 1. The van der Waals surface area contributed by atoms with Crippen LogP contribution in [-0.4, -0.2) is 25.7 Å². The molecule has 0 unspecified atom stereocenters. The number of anilines is 1.